The van der Waals surface area contributed by atoms with Gasteiger partial charge in [-0.1, -0.05) is 11.6 Å². The van der Waals surface area contributed by atoms with Crippen molar-refractivity contribution in [1.82, 2.24) is 24.4 Å². The van der Waals surface area contributed by atoms with E-state index >= 15 is 0 Å². The molecule has 2 aromatic rings. The van der Waals surface area contributed by atoms with Crippen LogP contribution in [0.3, 0.4) is 0 Å². The minimum absolute atomic E-state index is 0.0178. The summed E-state index contributed by atoms with van der Waals surface area (Å²) in [6.07, 6.45) is 3.41. The molecule has 0 unspecified atom stereocenters. The number of carbonyl (C=O) groups is 1. The molecule has 2 aromatic heterocycles. The van der Waals surface area contributed by atoms with Crippen LogP contribution in [0.4, 0.5) is 0 Å². The van der Waals surface area contributed by atoms with Crippen LogP contribution in [0.25, 0.3) is 5.65 Å². The van der Waals surface area contributed by atoms with Crippen LogP contribution in [0.2, 0.25) is 5.02 Å². The molecule has 4 heterocycles. The van der Waals surface area contributed by atoms with Gasteiger partial charge in [0.05, 0.1) is 17.5 Å². The van der Waals surface area contributed by atoms with E-state index in [0.29, 0.717) is 18.7 Å². The third-order valence-electron chi connectivity index (χ3n) is 4.96. The summed E-state index contributed by atoms with van der Waals surface area (Å²) < 4.78 is 25.6. The highest BCUT2D eigenvalue weighted by molar-refractivity contribution is 7.91. The van der Waals surface area contributed by atoms with E-state index < -0.39 is 9.84 Å². The highest BCUT2D eigenvalue weighted by atomic mass is 35.5. The van der Waals surface area contributed by atoms with Gasteiger partial charge in [0.1, 0.15) is 5.02 Å². The number of carbonyl (C=O) groups excluding carboxylic acids is 1. The zero-order valence-electron chi connectivity index (χ0n) is 13.9. The molecule has 0 saturated carbocycles. The van der Waals surface area contributed by atoms with Crippen LogP contribution in [0, 0.1) is 6.92 Å². The number of aromatic nitrogens is 3. The van der Waals surface area contributed by atoms with Gasteiger partial charge in [0, 0.05) is 31.5 Å². The first kappa shape index (κ1) is 16.7. The van der Waals surface area contributed by atoms with Crippen LogP contribution in [0.5, 0.6) is 0 Å². The predicted octanol–water partition coefficient (Wildman–Crippen LogP) is 0.244. The molecule has 2 saturated heterocycles. The summed E-state index contributed by atoms with van der Waals surface area (Å²) in [7, 11) is -1.26. The van der Waals surface area contributed by atoms with Gasteiger partial charge in [0.25, 0.3) is 5.91 Å². The molecular weight excluding hydrogens is 366 g/mol. The number of piperazine rings is 1. The molecule has 2 atom stereocenters. The Kier molecular flexibility index (Phi) is 3.78. The van der Waals surface area contributed by atoms with Gasteiger partial charge in [-0.05, 0) is 19.5 Å². The van der Waals surface area contributed by atoms with Crippen molar-refractivity contribution >= 4 is 33.0 Å². The Balaban J connectivity index is 1.72. The molecule has 2 fully saturated rings. The molecule has 0 N–H and O–H groups in total. The molecule has 0 spiro atoms. The number of nitrogens with zero attached hydrogens (tertiary/aromatic N) is 5. The average Bonchev–Trinajstić information content (AvgIpc) is 3.04. The molecule has 0 aliphatic carbocycles. The zero-order valence-corrected chi connectivity index (χ0v) is 15.5. The van der Waals surface area contributed by atoms with Crippen molar-refractivity contribution in [3.05, 3.63) is 28.7 Å². The van der Waals surface area contributed by atoms with Gasteiger partial charge in [0.15, 0.2) is 21.2 Å². The van der Waals surface area contributed by atoms with Crippen LogP contribution < -0.4 is 0 Å². The molecule has 0 aromatic carbocycles. The van der Waals surface area contributed by atoms with Gasteiger partial charge in [-0.2, -0.15) is 5.10 Å². The topological polar surface area (TPSA) is 87.9 Å². The Bertz CT molecular complexity index is 973. The van der Waals surface area contributed by atoms with Crippen LogP contribution in [0.1, 0.15) is 16.1 Å². The van der Waals surface area contributed by atoms with E-state index in [1.54, 1.807) is 17.3 Å². The molecule has 25 heavy (non-hydrogen) atoms. The number of halogens is 1. The van der Waals surface area contributed by atoms with E-state index in [4.69, 9.17) is 11.6 Å². The molecule has 1 amide bonds. The number of hydrogen-bond acceptors (Lipinski definition) is 6. The fraction of sp³-hybridized carbons (Fsp3) is 0.533. The molecule has 10 heteroatoms. The average molecular weight is 384 g/mol. The van der Waals surface area contributed by atoms with E-state index in [-0.39, 0.29) is 40.2 Å². The summed E-state index contributed by atoms with van der Waals surface area (Å²) in [5, 5.41) is 4.48. The Morgan fingerprint density at radius 3 is 2.76 bits per heavy atom. The highest BCUT2D eigenvalue weighted by Crippen LogP contribution is 2.29. The van der Waals surface area contributed by atoms with Crippen LogP contribution >= 0.6 is 11.6 Å². The summed E-state index contributed by atoms with van der Waals surface area (Å²) in [5.74, 6) is -0.276. The zero-order chi connectivity index (χ0) is 17.9. The third-order valence-corrected chi connectivity index (χ3v) is 7.01. The summed E-state index contributed by atoms with van der Waals surface area (Å²) in [5.41, 5.74) is 1.43. The molecule has 2 aliphatic heterocycles. The number of amides is 1. The lowest BCUT2D eigenvalue weighted by Gasteiger charge is -2.41. The number of likely N-dealkylation sites (N-methyl/N-ethyl adjacent to an activating group) is 1. The van der Waals surface area contributed by atoms with Crippen LogP contribution in [0.15, 0.2) is 12.4 Å². The van der Waals surface area contributed by atoms with Gasteiger partial charge < -0.3 is 4.90 Å². The van der Waals surface area contributed by atoms with Crippen molar-refractivity contribution in [2.75, 3.05) is 31.6 Å². The maximum Gasteiger partial charge on any atom is 0.276 e. The van der Waals surface area contributed by atoms with Crippen molar-refractivity contribution in [2.24, 2.45) is 0 Å². The quantitative estimate of drug-likeness (QED) is 0.701. The molecule has 0 bridgehead atoms. The Morgan fingerprint density at radius 1 is 1.28 bits per heavy atom. The van der Waals surface area contributed by atoms with E-state index in [9.17, 15) is 13.2 Å². The number of aryl methyl sites for hydroxylation is 1. The first-order valence-electron chi connectivity index (χ1n) is 7.99. The molecular formula is C15H18ClN5O3S. The minimum Gasteiger partial charge on any atom is -0.330 e. The Hall–Kier alpha value is -1.71. The standard InChI is InChI=1S/C15H18ClN5O3S/c1-9-5-17-14-12(16)13(18-21(14)6-9)15(22)20-4-3-19(2)10-7-25(23,24)8-11(10)20/h5-6,10-11H,3-4,7-8H2,1-2H3/t10-,11+/m1/s1. The molecule has 8 nitrogen and oxygen atoms in total. The minimum atomic E-state index is -3.16. The van der Waals surface area contributed by atoms with Gasteiger partial charge in [-0.25, -0.2) is 17.9 Å². The summed E-state index contributed by atoms with van der Waals surface area (Å²) in [6.45, 7) is 2.94. The van der Waals surface area contributed by atoms with Gasteiger partial charge in [-0.3, -0.25) is 9.69 Å². The lowest BCUT2D eigenvalue weighted by atomic mass is 10.1. The summed E-state index contributed by atoms with van der Waals surface area (Å²) in [4.78, 5) is 20.9. The number of rotatable bonds is 1. The first-order chi connectivity index (χ1) is 11.8. The summed E-state index contributed by atoms with van der Waals surface area (Å²) in [6, 6.07) is -0.550. The van der Waals surface area contributed by atoms with Crippen molar-refractivity contribution in [1.29, 1.82) is 0 Å². The molecule has 134 valence electrons. The maximum absolute atomic E-state index is 13.1. The Morgan fingerprint density at radius 2 is 2.00 bits per heavy atom. The summed E-state index contributed by atoms with van der Waals surface area (Å²) >= 11 is 6.33. The number of hydrogen-bond donors (Lipinski definition) is 0. The van der Waals surface area contributed by atoms with E-state index in [1.165, 1.54) is 4.52 Å². The van der Waals surface area contributed by atoms with Crippen molar-refractivity contribution < 1.29 is 13.2 Å². The van der Waals surface area contributed by atoms with Gasteiger partial charge in [0.2, 0.25) is 0 Å². The molecule has 4 rings (SSSR count). The van der Waals surface area contributed by atoms with Crippen molar-refractivity contribution in [3.63, 3.8) is 0 Å². The predicted molar refractivity (Wildman–Crippen MR) is 92.6 cm³/mol. The van der Waals surface area contributed by atoms with Crippen LogP contribution in [-0.4, -0.2) is 82.4 Å². The number of sulfone groups is 1. The van der Waals surface area contributed by atoms with Gasteiger partial charge in [-0.15, -0.1) is 0 Å². The van der Waals surface area contributed by atoms with E-state index in [2.05, 4.69) is 10.1 Å². The number of fused-ring (bicyclic) bond motifs is 2. The second-order valence-electron chi connectivity index (χ2n) is 6.75. The Labute approximate surface area is 150 Å². The lowest BCUT2D eigenvalue weighted by molar-refractivity contribution is 0.0404. The molecule has 2 aliphatic rings. The van der Waals surface area contributed by atoms with Gasteiger partial charge >= 0.3 is 0 Å². The largest absolute Gasteiger partial charge is 0.330 e. The van der Waals surface area contributed by atoms with Crippen molar-refractivity contribution in [3.8, 4) is 0 Å². The second kappa shape index (κ2) is 5.65. The monoisotopic (exact) mass is 383 g/mol. The fourth-order valence-electron chi connectivity index (χ4n) is 3.65. The van der Waals surface area contributed by atoms with E-state index in [1.807, 2.05) is 18.9 Å². The van der Waals surface area contributed by atoms with Crippen molar-refractivity contribution in [2.45, 2.75) is 19.0 Å². The van der Waals surface area contributed by atoms with Crippen LogP contribution in [-0.2, 0) is 9.84 Å². The first-order valence-corrected chi connectivity index (χ1v) is 10.2. The second-order valence-corrected chi connectivity index (χ2v) is 9.28. The molecule has 0 radical (unpaired) electrons. The maximum atomic E-state index is 13.1. The van der Waals surface area contributed by atoms with E-state index in [0.717, 1.165) is 5.56 Å². The normalized spacial score (nSPS) is 26.1. The third kappa shape index (κ3) is 2.70. The highest BCUT2D eigenvalue weighted by Gasteiger charge is 2.47. The fourth-order valence-corrected chi connectivity index (χ4v) is 5.96. The lowest BCUT2D eigenvalue weighted by Crippen LogP contribution is -2.59. The SMILES string of the molecule is Cc1cnc2c(Cl)c(C(=O)N3CCN(C)[C@@H]4CS(=O)(=O)C[C@@H]43)nn2c1. The smallest absolute Gasteiger partial charge is 0.276 e.